The number of nitrogens with one attached hydrogen (secondary N) is 1. The Morgan fingerprint density at radius 2 is 1.65 bits per heavy atom. The van der Waals surface area contributed by atoms with Crippen LogP contribution in [0.15, 0.2) is 12.1 Å². The Balaban J connectivity index is 1.81. The lowest BCUT2D eigenvalue weighted by molar-refractivity contribution is -0.148. The molecule has 1 fully saturated rings. The zero-order valence-electron chi connectivity index (χ0n) is 15.6. The fourth-order valence-electron chi connectivity index (χ4n) is 3.08. The highest BCUT2D eigenvalue weighted by atomic mass is 16.5. The average molecular weight is 365 g/mol. The summed E-state index contributed by atoms with van der Waals surface area (Å²) in [5, 5.41) is 2.89. The van der Waals surface area contributed by atoms with Gasteiger partial charge < -0.3 is 24.3 Å². The summed E-state index contributed by atoms with van der Waals surface area (Å²) < 4.78 is 20.9. The van der Waals surface area contributed by atoms with E-state index >= 15 is 0 Å². The maximum absolute atomic E-state index is 11.9. The second-order valence-corrected chi connectivity index (χ2v) is 6.24. The number of esters is 1. The first-order valence-corrected chi connectivity index (χ1v) is 8.81. The van der Waals surface area contributed by atoms with Gasteiger partial charge in [0.05, 0.1) is 21.3 Å². The number of methoxy groups -OCH3 is 3. The van der Waals surface area contributed by atoms with Crippen molar-refractivity contribution in [3.63, 3.8) is 0 Å². The topological polar surface area (TPSA) is 83.1 Å². The highest BCUT2D eigenvalue weighted by Gasteiger charge is 2.18. The number of hydrogen-bond donors (Lipinski definition) is 1. The number of carbonyl (C=O) groups is 2. The molecule has 1 aromatic carbocycles. The normalized spacial score (nSPS) is 14.0. The van der Waals surface area contributed by atoms with Crippen molar-refractivity contribution in [1.29, 1.82) is 0 Å². The van der Waals surface area contributed by atoms with Crippen LogP contribution in [0.2, 0.25) is 0 Å². The molecule has 1 aliphatic rings. The Kier molecular flexibility index (Phi) is 7.56. The van der Waals surface area contributed by atoms with Crippen LogP contribution in [-0.2, 0) is 20.7 Å². The molecular weight excluding hydrogens is 338 g/mol. The van der Waals surface area contributed by atoms with Crippen LogP contribution in [0.3, 0.4) is 0 Å². The smallest absolute Gasteiger partial charge is 0.306 e. The molecule has 1 N–H and O–H groups in total. The molecule has 0 radical (unpaired) electrons. The first kappa shape index (κ1) is 19.9. The van der Waals surface area contributed by atoms with Crippen molar-refractivity contribution >= 4 is 11.9 Å². The summed E-state index contributed by atoms with van der Waals surface area (Å²) in [6.45, 7) is -0.232. The van der Waals surface area contributed by atoms with E-state index in [1.165, 1.54) is 21.3 Å². The van der Waals surface area contributed by atoms with E-state index in [0.717, 1.165) is 31.2 Å². The molecule has 0 aliphatic heterocycles. The predicted molar refractivity (Wildman–Crippen MR) is 95.8 cm³/mol. The van der Waals surface area contributed by atoms with Crippen LogP contribution in [0.5, 0.6) is 17.2 Å². The van der Waals surface area contributed by atoms with Gasteiger partial charge >= 0.3 is 5.97 Å². The highest BCUT2D eigenvalue weighted by molar-refractivity contribution is 5.80. The first-order chi connectivity index (χ1) is 12.6. The standard InChI is InChI=1S/C19H27NO6/c1-23-15-10-13(11-16(24-2)19(15)25-3)8-9-18(22)26-12-17(21)20-14-6-4-5-7-14/h10-11,14H,4-9,12H2,1-3H3,(H,20,21). The number of rotatable bonds is 9. The fourth-order valence-corrected chi connectivity index (χ4v) is 3.08. The third-order valence-electron chi connectivity index (χ3n) is 4.43. The van der Waals surface area contributed by atoms with E-state index in [1.54, 1.807) is 12.1 Å². The molecule has 0 unspecified atom stereocenters. The van der Waals surface area contributed by atoms with Crippen molar-refractivity contribution in [1.82, 2.24) is 5.32 Å². The maximum Gasteiger partial charge on any atom is 0.306 e. The Hall–Kier alpha value is -2.44. The summed E-state index contributed by atoms with van der Waals surface area (Å²) >= 11 is 0. The third-order valence-corrected chi connectivity index (χ3v) is 4.43. The summed E-state index contributed by atoms with van der Waals surface area (Å²) in [5.74, 6) is 0.917. The second kappa shape index (κ2) is 9.89. The van der Waals surface area contributed by atoms with Crippen LogP contribution in [0.4, 0.5) is 0 Å². The molecule has 144 valence electrons. The molecule has 1 aliphatic carbocycles. The molecule has 2 rings (SSSR count). The van der Waals surface area contributed by atoms with Crippen molar-refractivity contribution in [3.8, 4) is 17.2 Å². The molecule has 1 saturated carbocycles. The van der Waals surface area contributed by atoms with Crippen LogP contribution >= 0.6 is 0 Å². The Labute approximate surface area is 153 Å². The lowest BCUT2D eigenvalue weighted by Gasteiger charge is -2.14. The highest BCUT2D eigenvalue weighted by Crippen LogP contribution is 2.38. The van der Waals surface area contributed by atoms with Crippen molar-refractivity contribution < 1.29 is 28.5 Å². The van der Waals surface area contributed by atoms with E-state index in [1.807, 2.05) is 0 Å². The number of benzene rings is 1. The Bertz CT molecular complexity index is 599. The summed E-state index contributed by atoms with van der Waals surface area (Å²) in [6.07, 6.45) is 4.88. The molecule has 1 aromatic rings. The van der Waals surface area contributed by atoms with Crippen LogP contribution in [0.25, 0.3) is 0 Å². The maximum atomic E-state index is 11.9. The summed E-state index contributed by atoms with van der Waals surface area (Å²) in [4.78, 5) is 23.7. The van der Waals surface area contributed by atoms with E-state index in [4.69, 9.17) is 18.9 Å². The number of ether oxygens (including phenoxy) is 4. The van der Waals surface area contributed by atoms with Crippen molar-refractivity contribution in [3.05, 3.63) is 17.7 Å². The van der Waals surface area contributed by atoms with E-state index in [0.29, 0.717) is 23.7 Å². The molecule has 7 heteroatoms. The van der Waals surface area contributed by atoms with Gasteiger partial charge in [0.25, 0.3) is 5.91 Å². The minimum atomic E-state index is -0.416. The molecule has 7 nitrogen and oxygen atoms in total. The van der Waals surface area contributed by atoms with Gasteiger partial charge in [-0.2, -0.15) is 0 Å². The van der Waals surface area contributed by atoms with Gasteiger partial charge in [-0.3, -0.25) is 9.59 Å². The van der Waals surface area contributed by atoms with E-state index < -0.39 is 5.97 Å². The molecule has 26 heavy (non-hydrogen) atoms. The van der Waals surface area contributed by atoms with Crippen LogP contribution in [0.1, 0.15) is 37.7 Å². The molecule has 0 spiro atoms. The first-order valence-electron chi connectivity index (χ1n) is 8.81. The lowest BCUT2D eigenvalue weighted by atomic mass is 10.1. The van der Waals surface area contributed by atoms with Crippen LogP contribution in [-0.4, -0.2) is 45.9 Å². The molecule has 0 aromatic heterocycles. The van der Waals surface area contributed by atoms with Crippen LogP contribution in [0, 0.1) is 0 Å². The zero-order chi connectivity index (χ0) is 18.9. The molecule has 1 amide bonds. The lowest BCUT2D eigenvalue weighted by Crippen LogP contribution is -2.35. The van der Waals surface area contributed by atoms with Gasteiger partial charge in [0.2, 0.25) is 5.75 Å². The van der Waals surface area contributed by atoms with E-state index in [-0.39, 0.29) is 25.0 Å². The van der Waals surface area contributed by atoms with Gasteiger partial charge in [-0.05, 0) is 37.0 Å². The summed E-state index contributed by atoms with van der Waals surface area (Å²) in [7, 11) is 4.62. The summed E-state index contributed by atoms with van der Waals surface area (Å²) in [5.41, 5.74) is 0.854. The van der Waals surface area contributed by atoms with Gasteiger partial charge in [0.15, 0.2) is 18.1 Å². The number of aryl methyl sites for hydroxylation is 1. The van der Waals surface area contributed by atoms with Gasteiger partial charge in [0.1, 0.15) is 0 Å². The monoisotopic (exact) mass is 365 g/mol. The predicted octanol–water partition coefficient (Wildman–Crippen LogP) is 2.25. The quantitative estimate of drug-likeness (QED) is 0.676. The molecule has 0 heterocycles. The molecule has 0 bridgehead atoms. The van der Waals surface area contributed by atoms with Crippen molar-refractivity contribution in [2.75, 3.05) is 27.9 Å². The third kappa shape index (κ3) is 5.54. The van der Waals surface area contributed by atoms with E-state index in [2.05, 4.69) is 5.32 Å². The van der Waals surface area contributed by atoms with Crippen molar-refractivity contribution in [2.45, 2.75) is 44.6 Å². The number of amides is 1. The minimum Gasteiger partial charge on any atom is -0.493 e. The number of hydrogen-bond acceptors (Lipinski definition) is 6. The van der Waals surface area contributed by atoms with Gasteiger partial charge in [-0.15, -0.1) is 0 Å². The summed E-state index contributed by atoms with van der Waals surface area (Å²) in [6, 6.07) is 3.81. The Morgan fingerprint density at radius 1 is 1.04 bits per heavy atom. The van der Waals surface area contributed by atoms with Crippen molar-refractivity contribution in [2.24, 2.45) is 0 Å². The minimum absolute atomic E-state index is 0.162. The van der Waals surface area contributed by atoms with Gasteiger partial charge in [-0.25, -0.2) is 0 Å². The van der Waals surface area contributed by atoms with Gasteiger partial charge in [-0.1, -0.05) is 12.8 Å². The zero-order valence-corrected chi connectivity index (χ0v) is 15.6. The van der Waals surface area contributed by atoms with Gasteiger partial charge in [0, 0.05) is 12.5 Å². The molecule has 0 atom stereocenters. The molecular formula is C19H27NO6. The Morgan fingerprint density at radius 3 is 2.19 bits per heavy atom. The SMILES string of the molecule is COc1cc(CCC(=O)OCC(=O)NC2CCCC2)cc(OC)c1OC. The molecule has 0 saturated heterocycles. The van der Waals surface area contributed by atoms with Crippen LogP contribution < -0.4 is 19.5 Å². The number of carbonyl (C=O) groups excluding carboxylic acids is 2. The average Bonchev–Trinajstić information content (AvgIpc) is 3.16. The largest absolute Gasteiger partial charge is 0.493 e. The second-order valence-electron chi connectivity index (χ2n) is 6.24. The fraction of sp³-hybridized carbons (Fsp3) is 0.579. The van der Waals surface area contributed by atoms with E-state index in [9.17, 15) is 9.59 Å².